The maximum atomic E-state index is 11.5. The first-order valence-corrected chi connectivity index (χ1v) is 8.46. The molecule has 2 rings (SSSR count). The molecule has 19 heavy (non-hydrogen) atoms. The van der Waals surface area contributed by atoms with E-state index in [0.717, 1.165) is 5.56 Å². The highest BCUT2D eigenvalue weighted by atomic mass is 32.2. The molecule has 2 N–H and O–H groups in total. The number of hydrogen-bond donors (Lipinski definition) is 1. The summed E-state index contributed by atoms with van der Waals surface area (Å²) in [6.07, 6.45) is 0. The van der Waals surface area contributed by atoms with Crippen molar-refractivity contribution in [1.82, 2.24) is 4.90 Å². The van der Waals surface area contributed by atoms with E-state index < -0.39 is 9.84 Å². The van der Waals surface area contributed by atoms with Gasteiger partial charge in [0, 0.05) is 25.2 Å². The minimum absolute atomic E-state index is 0.0512. The van der Waals surface area contributed by atoms with Crippen LogP contribution >= 0.6 is 0 Å². The van der Waals surface area contributed by atoms with Gasteiger partial charge in [-0.15, -0.1) is 0 Å². The fourth-order valence-electron chi connectivity index (χ4n) is 2.48. The summed E-state index contributed by atoms with van der Waals surface area (Å²) in [6.45, 7) is 5.30. The van der Waals surface area contributed by atoms with Gasteiger partial charge in [-0.05, 0) is 19.4 Å². The van der Waals surface area contributed by atoms with Gasteiger partial charge in [0.2, 0.25) is 0 Å². The van der Waals surface area contributed by atoms with E-state index in [-0.39, 0.29) is 23.6 Å². The van der Waals surface area contributed by atoms with Crippen LogP contribution in [-0.4, -0.2) is 44.0 Å². The van der Waals surface area contributed by atoms with Crippen molar-refractivity contribution in [2.75, 3.05) is 24.6 Å². The number of nitrogens with zero attached hydrogens (tertiary/aromatic N) is 1. The van der Waals surface area contributed by atoms with Crippen LogP contribution in [-0.2, 0) is 9.84 Å². The van der Waals surface area contributed by atoms with Crippen LogP contribution in [0.5, 0.6) is 0 Å². The van der Waals surface area contributed by atoms with Gasteiger partial charge in [0.25, 0.3) is 0 Å². The highest BCUT2D eigenvalue weighted by Gasteiger charge is 2.28. The maximum absolute atomic E-state index is 11.5. The highest BCUT2D eigenvalue weighted by molar-refractivity contribution is 7.91. The standard InChI is InChI=1S/C14H22N2O2S/c1-11-3-5-13(6-4-11)14(15)9-16-7-8-19(17,18)10-12(16)2/h3-6,12,14H,7-10,15H2,1-2H3. The molecule has 0 amide bonds. The average molecular weight is 282 g/mol. The Kier molecular flexibility index (Phi) is 4.28. The third kappa shape index (κ3) is 3.78. The van der Waals surface area contributed by atoms with E-state index in [2.05, 4.69) is 17.0 Å². The largest absolute Gasteiger partial charge is 0.323 e. The fourth-order valence-corrected chi connectivity index (χ4v) is 4.10. The molecule has 5 heteroatoms. The van der Waals surface area contributed by atoms with Crippen molar-refractivity contribution in [3.05, 3.63) is 35.4 Å². The van der Waals surface area contributed by atoms with Crippen molar-refractivity contribution < 1.29 is 8.42 Å². The lowest BCUT2D eigenvalue weighted by Gasteiger charge is -2.34. The number of rotatable bonds is 3. The Morgan fingerprint density at radius 2 is 2.00 bits per heavy atom. The Morgan fingerprint density at radius 1 is 1.37 bits per heavy atom. The molecule has 1 saturated heterocycles. The van der Waals surface area contributed by atoms with Crippen molar-refractivity contribution in [3.8, 4) is 0 Å². The molecule has 2 atom stereocenters. The van der Waals surface area contributed by atoms with E-state index in [4.69, 9.17) is 5.73 Å². The predicted molar refractivity (Wildman–Crippen MR) is 77.8 cm³/mol. The Hall–Kier alpha value is -0.910. The molecule has 106 valence electrons. The van der Waals surface area contributed by atoms with Gasteiger partial charge in [-0.1, -0.05) is 29.8 Å². The zero-order valence-corrected chi connectivity index (χ0v) is 12.4. The fraction of sp³-hybridized carbons (Fsp3) is 0.571. The van der Waals surface area contributed by atoms with Gasteiger partial charge in [0.15, 0.2) is 9.84 Å². The summed E-state index contributed by atoms with van der Waals surface area (Å²) < 4.78 is 23.1. The molecule has 1 aromatic carbocycles. The summed E-state index contributed by atoms with van der Waals surface area (Å²) >= 11 is 0. The van der Waals surface area contributed by atoms with Crippen LogP contribution in [0.15, 0.2) is 24.3 Å². The first-order chi connectivity index (χ1) is 8.87. The average Bonchev–Trinajstić information content (AvgIpc) is 2.33. The predicted octanol–water partition coefficient (Wildman–Crippen LogP) is 1.11. The normalized spacial score (nSPS) is 25.1. The van der Waals surface area contributed by atoms with Crippen molar-refractivity contribution in [1.29, 1.82) is 0 Å². The van der Waals surface area contributed by atoms with E-state index in [1.165, 1.54) is 5.56 Å². The van der Waals surface area contributed by atoms with Gasteiger partial charge in [0.1, 0.15) is 0 Å². The topological polar surface area (TPSA) is 63.4 Å². The molecule has 1 heterocycles. The molecule has 4 nitrogen and oxygen atoms in total. The Labute approximate surface area is 115 Å². The number of benzene rings is 1. The second-order valence-corrected chi connectivity index (χ2v) is 7.70. The van der Waals surface area contributed by atoms with Crippen molar-refractivity contribution in [3.63, 3.8) is 0 Å². The van der Waals surface area contributed by atoms with Gasteiger partial charge < -0.3 is 5.73 Å². The number of aryl methyl sites for hydroxylation is 1. The number of nitrogens with two attached hydrogens (primary N) is 1. The lowest BCUT2D eigenvalue weighted by atomic mass is 10.0. The van der Waals surface area contributed by atoms with Crippen LogP contribution in [0.1, 0.15) is 24.1 Å². The van der Waals surface area contributed by atoms with E-state index in [1.54, 1.807) is 0 Å². The second kappa shape index (κ2) is 5.61. The summed E-state index contributed by atoms with van der Waals surface area (Å²) in [4.78, 5) is 2.17. The zero-order valence-electron chi connectivity index (χ0n) is 11.5. The van der Waals surface area contributed by atoms with Crippen molar-refractivity contribution in [2.45, 2.75) is 25.9 Å². The summed E-state index contributed by atoms with van der Waals surface area (Å²) in [5.74, 6) is 0.492. The quantitative estimate of drug-likeness (QED) is 0.902. The molecular formula is C14H22N2O2S. The third-order valence-electron chi connectivity index (χ3n) is 3.74. The third-order valence-corrected chi connectivity index (χ3v) is 5.54. The summed E-state index contributed by atoms with van der Waals surface area (Å²) in [5.41, 5.74) is 8.53. The molecule has 0 radical (unpaired) electrons. The van der Waals surface area contributed by atoms with Gasteiger partial charge >= 0.3 is 0 Å². The first kappa shape index (κ1) is 14.5. The highest BCUT2D eigenvalue weighted by Crippen LogP contribution is 2.17. The molecule has 1 fully saturated rings. The number of sulfone groups is 1. The van der Waals surface area contributed by atoms with Crippen LogP contribution in [0.25, 0.3) is 0 Å². The summed E-state index contributed by atoms with van der Waals surface area (Å²) in [5, 5.41) is 0. The minimum Gasteiger partial charge on any atom is -0.323 e. The smallest absolute Gasteiger partial charge is 0.153 e. The molecule has 1 aliphatic heterocycles. The molecule has 0 spiro atoms. The van der Waals surface area contributed by atoms with Crippen molar-refractivity contribution >= 4 is 9.84 Å². The van der Waals surface area contributed by atoms with Gasteiger partial charge in [-0.25, -0.2) is 8.42 Å². The monoisotopic (exact) mass is 282 g/mol. The van der Waals surface area contributed by atoms with Gasteiger partial charge in [-0.3, -0.25) is 4.90 Å². The molecular weight excluding hydrogens is 260 g/mol. The van der Waals surface area contributed by atoms with E-state index >= 15 is 0 Å². The van der Waals surface area contributed by atoms with Crippen LogP contribution < -0.4 is 5.73 Å². The van der Waals surface area contributed by atoms with E-state index in [9.17, 15) is 8.42 Å². The van der Waals surface area contributed by atoms with E-state index in [0.29, 0.717) is 13.1 Å². The SMILES string of the molecule is Cc1ccc(C(N)CN2CCS(=O)(=O)CC2C)cc1. The van der Waals surface area contributed by atoms with Gasteiger partial charge in [-0.2, -0.15) is 0 Å². The molecule has 0 bridgehead atoms. The Morgan fingerprint density at radius 3 is 2.58 bits per heavy atom. The Balaban J connectivity index is 1.99. The van der Waals surface area contributed by atoms with Crippen molar-refractivity contribution in [2.24, 2.45) is 5.73 Å². The molecule has 1 aromatic rings. The van der Waals surface area contributed by atoms with Crippen LogP contribution in [0, 0.1) is 6.92 Å². The van der Waals surface area contributed by atoms with Crippen LogP contribution in [0.3, 0.4) is 0 Å². The lowest BCUT2D eigenvalue weighted by Crippen LogP contribution is -2.49. The Bertz CT molecular complexity index is 525. The van der Waals surface area contributed by atoms with E-state index in [1.807, 2.05) is 26.0 Å². The molecule has 0 saturated carbocycles. The van der Waals surface area contributed by atoms with Crippen LogP contribution in [0.2, 0.25) is 0 Å². The first-order valence-electron chi connectivity index (χ1n) is 6.64. The minimum atomic E-state index is -2.85. The molecule has 1 aliphatic rings. The molecule has 0 aliphatic carbocycles. The molecule has 2 unspecified atom stereocenters. The summed E-state index contributed by atoms with van der Waals surface area (Å²) in [6, 6.07) is 8.19. The summed E-state index contributed by atoms with van der Waals surface area (Å²) in [7, 11) is -2.85. The number of hydrogen-bond acceptors (Lipinski definition) is 4. The maximum Gasteiger partial charge on any atom is 0.153 e. The zero-order chi connectivity index (χ0) is 14.0. The molecule has 0 aromatic heterocycles. The van der Waals surface area contributed by atoms with Crippen LogP contribution in [0.4, 0.5) is 0 Å². The lowest BCUT2D eigenvalue weighted by molar-refractivity contribution is 0.213. The second-order valence-electron chi connectivity index (χ2n) is 5.48. The van der Waals surface area contributed by atoms with Gasteiger partial charge in [0.05, 0.1) is 11.5 Å².